The number of aromatic nitrogens is 2. The van der Waals surface area contributed by atoms with Crippen LogP contribution in [-0.2, 0) is 22.7 Å². The Labute approximate surface area is 147 Å². The van der Waals surface area contributed by atoms with Crippen molar-refractivity contribution in [3.05, 3.63) is 59.2 Å². The first-order chi connectivity index (χ1) is 12.0. The summed E-state index contributed by atoms with van der Waals surface area (Å²) < 4.78 is 0. The van der Waals surface area contributed by atoms with E-state index in [1.54, 1.807) is 17.3 Å². The van der Waals surface area contributed by atoms with Crippen molar-refractivity contribution in [2.75, 3.05) is 6.54 Å². The van der Waals surface area contributed by atoms with Crippen molar-refractivity contribution in [1.82, 2.24) is 20.2 Å². The van der Waals surface area contributed by atoms with Gasteiger partial charge in [0.1, 0.15) is 0 Å². The third kappa shape index (κ3) is 4.21. The van der Waals surface area contributed by atoms with E-state index >= 15 is 0 Å². The van der Waals surface area contributed by atoms with E-state index in [0.29, 0.717) is 19.6 Å². The van der Waals surface area contributed by atoms with E-state index in [9.17, 15) is 9.59 Å². The Kier molecular flexibility index (Phi) is 5.07. The third-order valence-corrected chi connectivity index (χ3v) is 4.47. The van der Waals surface area contributed by atoms with Gasteiger partial charge in [-0.15, -0.1) is 0 Å². The Morgan fingerprint density at radius 3 is 2.88 bits per heavy atom. The number of aryl methyl sites for hydroxylation is 2. The van der Waals surface area contributed by atoms with Crippen LogP contribution in [0, 0.1) is 19.8 Å². The highest BCUT2D eigenvalue weighted by Crippen LogP contribution is 2.20. The zero-order valence-electron chi connectivity index (χ0n) is 14.5. The maximum Gasteiger partial charge on any atom is 0.225 e. The summed E-state index contributed by atoms with van der Waals surface area (Å²) in [5.74, 6) is -0.397. The first kappa shape index (κ1) is 17.1. The van der Waals surface area contributed by atoms with E-state index in [1.807, 2.05) is 38.1 Å². The second-order valence-corrected chi connectivity index (χ2v) is 6.47. The summed E-state index contributed by atoms with van der Waals surface area (Å²) in [7, 11) is 0. The number of nitrogens with zero attached hydrogens (tertiary/aromatic N) is 3. The maximum atomic E-state index is 12.4. The zero-order valence-corrected chi connectivity index (χ0v) is 14.5. The smallest absolute Gasteiger partial charge is 0.225 e. The fourth-order valence-electron chi connectivity index (χ4n) is 3.02. The molecule has 1 saturated heterocycles. The lowest BCUT2D eigenvalue weighted by Gasteiger charge is -2.16. The van der Waals surface area contributed by atoms with Crippen molar-refractivity contribution >= 4 is 11.8 Å². The van der Waals surface area contributed by atoms with Gasteiger partial charge >= 0.3 is 0 Å². The third-order valence-electron chi connectivity index (χ3n) is 4.47. The van der Waals surface area contributed by atoms with Crippen LogP contribution in [0.5, 0.6) is 0 Å². The van der Waals surface area contributed by atoms with Gasteiger partial charge in [0.05, 0.1) is 18.2 Å². The summed E-state index contributed by atoms with van der Waals surface area (Å²) >= 11 is 0. The van der Waals surface area contributed by atoms with Crippen molar-refractivity contribution in [3.8, 4) is 0 Å². The molecule has 6 nitrogen and oxygen atoms in total. The van der Waals surface area contributed by atoms with Crippen LogP contribution in [0.2, 0.25) is 0 Å². The molecule has 0 saturated carbocycles. The number of hydrogen-bond donors (Lipinski definition) is 1. The molecule has 3 rings (SSSR count). The molecule has 1 aliphatic heterocycles. The van der Waals surface area contributed by atoms with Gasteiger partial charge in [-0.25, -0.2) is 0 Å². The summed E-state index contributed by atoms with van der Waals surface area (Å²) in [6.45, 7) is 5.26. The van der Waals surface area contributed by atoms with Crippen molar-refractivity contribution in [2.45, 2.75) is 33.4 Å². The summed E-state index contributed by atoms with van der Waals surface area (Å²) in [5, 5.41) is 2.93. The molecule has 1 unspecified atom stereocenters. The molecule has 0 radical (unpaired) electrons. The van der Waals surface area contributed by atoms with Crippen LogP contribution < -0.4 is 5.32 Å². The van der Waals surface area contributed by atoms with Crippen LogP contribution in [0.1, 0.15) is 28.9 Å². The average Bonchev–Trinajstić information content (AvgIpc) is 2.95. The maximum absolute atomic E-state index is 12.4. The Balaban J connectivity index is 1.55. The number of carbonyl (C=O) groups is 2. The van der Waals surface area contributed by atoms with Gasteiger partial charge in [0.25, 0.3) is 0 Å². The minimum absolute atomic E-state index is 0.000939. The minimum atomic E-state index is -0.310. The predicted molar refractivity (Wildman–Crippen MR) is 93.3 cm³/mol. The van der Waals surface area contributed by atoms with Gasteiger partial charge in [-0.05, 0) is 43.2 Å². The molecule has 1 fully saturated rings. The van der Waals surface area contributed by atoms with Crippen LogP contribution in [0.3, 0.4) is 0 Å². The number of amides is 2. The van der Waals surface area contributed by atoms with Crippen LogP contribution in [0.4, 0.5) is 0 Å². The fourth-order valence-corrected chi connectivity index (χ4v) is 3.02. The van der Waals surface area contributed by atoms with Gasteiger partial charge in [-0.2, -0.15) is 0 Å². The quantitative estimate of drug-likeness (QED) is 0.901. The number of nitrogens with one attached hydrogen (secondary N) is 1. The topological polar surface area (TPSA) is 75.2 Å². The number of pyridine rings is 2. The lowest BCUT2D eigenvalue weighted by atomic mass is 10.1. The fraction of sp³-hybridized carbons (Fsp3) is 0.368. The first-order valence-electron chi connectivity index (χ1n) is 8.40. The van der Waals surface area contributed by atoms with Gasteiger partial charge in [-0.1, -0.05) is 6.07 Å². The largest absolute Gasteiger partial charge is 0.352 e. The summed E-state index contributed by atoms with van der Waals surface area (Å²) in [5.41, 5.74) is 3.89. The lowest BCUT2D eigenvalue weighted by molar-refractivity contribution is -0.129. The van der Waals surface area contributed by atoms with Crippen molar-refractivity contribution in [2.24, 2.45) is 5.92 Å². The molecule has 0 spiro atoms. The van der Waals surface area contributed by atoms with E-state index < -0.39 is 0 Å². The van der Waals surface area contributed by atoms with Crippen LogP contribution in [-0.4, -0.2) is 33.2 Å². The van der Waals surface area contributed by atoms with E-state index in [4.69, 9.17) is 0 Å². The van der Waals surface area contributed by atoms with Gasteiger partial charge in [0.15, 0.2) is 0 Å². The molecule has 25 heavy (non-hydrogen) atoms. The standard InChI is InChI=1S/C19H22N4O2/c1-13-7-14(2)21-9-16(13)10-22-19(25)15-8-18(24)23(11-15)12-17-5-3-4-6-20-17/h3-7,9,15H,8,10-12H2,1-2H3,(H,22,25). The monoisotopic (exact) mass is 338 g/mol. The number of carbonyl (C=O) groups excluding carboxylic acids is 2. The predicted octanol–water partition coefficient (Wildman–Crippen LogP) is 1.76. The Hall–Kier alpha value is -2.76. The van der Waals surface area contributed by atoms with Crippen molar-refractivity contribution < 1.29 is 9.59 Å². The molecule has 1 aliphatic rings. The molecular formula is C19H22N4O2. The molecule has 130 valence electrons. The minimum Gasteiger partial charge on any atom is -0.352 e. The van der Waals surface area contributed by atoms with E-state index in [2.05, 4.69) is 15.3 Å². The summed E-state index contributed by atoms with van der Waals surface area (Å²) in [6, 6.07) is 7.61. The molecule has 0 aliphatic carbocycles. The van der Waals surface area contributed by atoms with Crippen molar-refractivity contribution in [3.63, 3.8) is 0 Å². The molecule has 0 aromatic carbocycles. The SMILES string of the molecule is Cc1cc(C)c(CNC(=O)C2CC(=O)N(Cc3ccccn3)C2)cn1. The van der Waals surface area contributed by atoms with Crippen LogP contribution in [0.25, 0.3) is 0 Å². The molecule has 6 heteroatoms. The van der Waals surface area contributed by atoms with Crippen LogP contribution >= 0.6 is 0 Å². The molecule has 1 atom stereocenters. The zero-order chi connectivity index (χ0) is 17.8. The number of rotatable bonds is 5. The number of hydrogen-bond acceptors (Lipinski definition) is 4. The van der Waals surface area contributed by atoms with Gasteiger partial charge < -0.3 is 10.2 Å². The Bertz CT molecular complexity index is 776. The lowest BCUT2D eigenvalue weighted by Crippen LogP contribution is -2.32. The van der Waals surface area contributed by atoms with Crippen LogP contribution in [0.15, 0.2) is 36.7 Å². The van der Waals surface area contributed by atoms with Crippen molar-refractivity contribution in [1.29, 1.82) is 0 Å². The Morgan fingerprint density at radius 1 is 1.32 bits per heavy atom. The summed E-state index contributed by atoms with van der Waals surface area (Å²) in [4.78, 5) is 34.8. The highest BCUT2D eigenvalue weighted by Gasteiger charge is 2.34. The molecule has 3 heterocycles. The Morgan fingerprint density at radius 2 is 2.16 bits per heavy atom. The second kappa shape index (κ2) is 7.42. The van der Waals surface area contributed by atoms with E-state index in [-0.39, 0.29) is 24.2 Å². The molecule has 0 bridgehead atoms. The second-order valence-electron chi connectivity index (χ2n) is 6.47. The molecule has 2 amide bonds. The molecule has 2 aromatic heterocycles. The molecular weight excluding hydrogens is 316 g/mol. The highest BCUT2D eigenvalue weighted by molar-refractivity contribution is 5.89. The number of likely N-dealkylation sites (tertiary alicyclic amines) is 1. The van der Waals surface area contributed by atoms with E-state index in [1.165, 1.54) is 0 Å². The van der Waals surface area contributed by atoms with Gasteiger partial charge in [0.2, 0.25) is 11.8 Å². The summed E-state index contributed by atoms with van der Waals surface area (Å²) in [6.07, 6.45) is 3.75. The van der Waals surface area contributed by atoms with Gasteiger partial charge in [-0.3, -0.25) is 19.6 Å². The molecule has 1 N–H and O–H groups in total. The normalized spacial score (nSPS) is 17.0. The van der Waals surface area contributed by atoms with E-state index in [0.717, 1.165) is 22.5 Å². The van der Waals surface area contributed by atoms with Gasteiger partial charge in [0, 0.05) is 37.6 Å². The first-order valence-corrected chi connectivity index (χ1v) is 8.40. The average molecular weight is 338 g/mol. The molecule has 2 aromatic rings. The highest BCUT2D eigenvalue weighted by atomic mass is 16.2.